The molecule has 3 N–H and O–H groups in total. The topological polar surface area (TPSA) is 61.4 Å². The first kappa shape index (κ1) is 13.9. The minimum atomic E-state index is -0.608. The Morgan fingerprint density at radius 3 is 2.68 bits per heavy atom. The summed E-state index contributed by atoms with van der Waals surface area (Å²) in [6.45, 7) is 0.547. The van der Waals surface area contributed by atoms with Crippen molar-refractivity contribution in [3.63, 3.8) is 0 Å². The molecule has 0 saturated carbocycles. The highest BCUT2D eigenvalue weighted by Gasteiger charge is 2.27. The molecule has 19 heavy (non-hydrogen) atoms. The lowest BCUT2D eigenvalue weighted by atomic mass is 10.1. The number of halogens is 2. The van der Waals surface area contributed by atoms with E-state index in [2.05, 4.69) is 10.6 Å². The molecule has 1 saturated heterocycles. The molecule has 1 fully saturated rings. The van der Waals surface area contributed by atoms with Crippen molar-refractivity contribution in [1.82, 2.24) is 10.6 Å². The molecule has 104 valence electrons. The van der Waals surface area contributed by atoms with E-state index in [4.69, 9.17) is 0 Å². The summed E-state index contributed by atoms with van der Waals surface area (Å²) in [6.07, 6.45) is -0.0564. The fourth-order valence-corrected chi connectivity index (χ4v) is 2.12. The van der Waals surface area contributed by atoms with Gasteiger partial charge in [-0.3, -0.25) is 4.79 Å². The van der Waals surface area contributed by atoms with Crippen LogP contribution in [-0.2, 0) is 11.2 Å². The van der Waals surface area contributed by atoms with E-state index in [1.807, 2.05) is 0 Å². The zero-order valence-electron chi connectivity index (χ0n) is 10.3. The van der Waals surface area contributed by atoms with E-state index in [0.29, 0.717) is 13.0 Å². The van der Waals surface area contributed by atoms with Crippen LogP contribution in [0.3, 0.4) is 0 Å². The van der Waals surface area contributed by atoms with Crippen LogP contribution in [0.25, 0.3) is 0 Å². The average Bonchev–Trinajstić information content (AvgIpc) is 2.79. The molecule has 1 aliphatic rings. The second-order valence-electron chi connectivity index (χ2n) is 4.59. The highest BCUT2D eigenvalue weighted by molar-refractivity contribution is 5.82. The lowest BCUT2D eigenvalue weighted by molar-refractivity contribution is -0.122. The fraction of sp³-hybridized carbons (Fsp3) is 0.462. The van der Waals surface area contributed by atoms with E-state index < -0.39 is 23.8 Å². The maximum atomic E-state index is 13.3. The van der Waals surface area contributed by atoms with E-state index >= 15 is 0 Å². The number of nitrogens with one attached hydrogen (secondary N) is 2. The number of aliphatic hydroxyl groups excluding tert-OH is 1. The first-order valence-electron chi connectivity index (χ1n) is 6.20. The van der Waals surface area contributed by atoms with Crippen molar-refractivity contribution in [2.24, 2.45) is 0 Å². The molecule has 0 bridgehead atoms. The summed E-state index contributed by atoms with van der Waals surface area (Å²) in [5.74, 6) is -1.47. The minimum absolute atomic E-state index is 0.0257. The molecule has 0 spiro atoms. The largest absolute Gasteiger partial charge is 0.392 e. The van der Waals surface area contributed by atoms with E-state index in [9.17, 15) is 18.7 Å². The second-order valence-corrected chi connectivity index (χ2v) is 4.59. The van der Waals surface area contributed by atoms with Crippen molar-refractivity contribution in [3.8, 4) is 0 Å². The van der Waals surface area contributed by atoms with Crippen LogP contribution < -0.4 is 10.6 Å². The Morgan fingerprint density at radius 2 is 2.11 bits per heavy atom. The lowest BCUT2D eigenvalue weighted by Gasteiger charge is -2.11. The number of carbonyl (C=O) groups is 1. The second kappa shape index (κ2) is 6.08. The molecule has 1 aromatic rings. The van der Waals surface area contributed by atoms with Crippen molar-refractivity contribution in [1.29, 1.82) is 0 Å². The van der Waals surface area contributed by atoms with E-state index in [1.165, 1.54) is 18.2 Å². The van der Waals surface area contributed by atoms with Crippen molar-refractivity contribution < 1.29 is 18.7 Å². The first-order chi connectivity index (χ1) is 9.08. The SMILES string of the molecule is O=C(NCCc1c(F)cccc1F)[C@@H]1C[C@@H](O)CN1. The molecule has 0 unspecified atom stereocenters. The van der Waals surface area contributed by atoms with Gasteiger partial charge < -0.3 is 15.7 Å². The number of rotatable bonds is 4. The van der Waals surface area contributed by atoms with Gasteiger partial charge in [-0.1, -0.05) is 6.07 Å². The molecule has 1 aliphatic heterocycles. The molecule has 2 rings (SSSR count). The smallest absolute Gasteiger partial charge is 0.237 e. The van der Waals surface area contributed by atoms with Crippen molar-refractivity contribution in [3.05, 3.63) is 35.4 Å². The number of aliphatic hydroxyl groups is 1. The van der Waals surface area contributed by atoms with Gasteiger partial charge in [-0.05, 0) is 25.0 Å². The summed E-state index contributed by atoms with van der Waals surface area (Å²) in [4.78, 5) is 11.7. The van der Waals surface area contributed by atoms with Gasteiger partial charge in [0.05, 0.1) is 12.1 Å². The van der Waals surface area contributed by atoms with Crippen molar-refractivity contribution in [2.75, 3.05) is 13.1 Å². The Balaban J connectivity index is 1.82. The fourth-order valence-electron chi connectivity index (χ4n) is 2.12. The first-order valence-corrected chi connectivity index (χ1v) is 6.20. The zero-order chi connectivity index (χ0) is 13.8. The van der Waals surface area contributed by atoms with E-state index in [-0.39, 0.29) is 24.4 Å². The number of amides is 1. The third-order valence-electron chi connectivity index (χ3n) is 3.16. The molecule has 1 amide bonds. The van der Waals surface area contributed by atoms with E-state index in [0.717, 1.165) is 0 Å². The van der Waals surface area contributed by atoms with Gasteiger partial charge in [0.25, 0.3) is 0 Å². The molecular formula is C13H16F2N2O2. The van der Waals surface area contributed by atoms with Crippen LogP contribution >= 0.6 is 0 Å². The molecular weight excluding hydrogens is 254 g/mol. The summed E-state index contributed by atoms with van der Waals surface area (Å²) < 4.78 is 26.7. The maximum Gasteiger partial charge on any atom is 0.237 e. The van der Waals surface area contributed by atoms with Crippen LogP contribution in [-0.4, -0.2) is 36.2 Å². The standard InChI is InChI=1S/C13H16F2N2O2/c14-10-2-1-3-11(15)9(10)4-5-16-13(19)12-6-8(18)7-17-12/h1-3,8,12,17-18H,4-7H2,(H,16,19)/t8-,12+/m1/s1. The summed E-state index contributed by atoms with van der Waals surface area (Å²) in [5, 5.41) is 14.8. The van der Waals surface area contributed by atoms with Crippen molar-refractivity contribution >= 4 is 5.91 Å². The lowest BCUT2D eigenvalue weighted by Crippen LogP contribution is -2.41. The number of hydrogen-bond donors (Lipinski definition) is 3. The third kappa shape index (κ3) is 3.48. The normalized spacial score (nSPS) is 22.5. The third-order valence-corrected chi connectivity index (χ3v) is 3.16. The summed E-state index contributed by atoms with van der Waals surface area (Å²) in [5.41, 5.74) is -0.0257. The monoisotopic (exact) mass is 270 g/mol. The Bertz CT molecular complexity index is 448. The number of β-amino-alcohol motifs (C(OH)–C–C–N with tert-alkyl or cyclic N) is 1. The molecule has 6 heteroatoms. The van der Waals surface area contributed by atoms with Crippen molar-refractivity contribution in [2.45, 2.75) is 25.0 Å². The molecule has 0 radical (unpaired) electrons. The molecule has 1 aromatic carbocycles. The summed E-state index contributed by atoms with van der Waals surface area (Å²) >= 11 is 0. The van der Waals surface area contributed by atoms with Gasteiger partial charge in [-0.15, -0.1) is 0 Å². The van der Waals surface area contributed by atoms with Gasteiger partial charge in [-0.2, -0.15) is 0 Å². The molecule has 0 aliphatic carbocycles. The van der Waals surface area contributed by atoms with Gasteiger partial charge in [0.1, 0.15) is 11.6 Å². The van der Waals surface area contributed by atoms with E-state index in [1.54, 1.807) is 0 Å². The molecule has 2 atom stereocenters. The minimum Gasteiger partial charge on any atom is -0.392 e. The molecule has 0 aromatic heterocycles. The molecule has 1 heterocycles. The number of hydrogen-bond acceptors (Lipinski definition) is 3. The maximum absolute atomic E-state index is 13.3. The van der Waals surface area contributed by atoms with Crippen LogP contribution in [0, 0.1) is 11.6 Å². The highest BCUT2D eigenvalue weighted by atomic mass is 19.1. The predicted octanol–water partition coefficient (Wildman–Crippen LogP) is 0.346. The predicted molar refractivity (Wildman–Crippen MR) is 65.5 cm³/mol. The average molecular weight is 270 g/mol. The van der Waals surface area contributed by atoms with Crippen LogP contribution in [0.1, 0.15) is 12.0 Å². The summed E-state index contributed by atoms with van der Waals surface area (Å²) in [6, 6.07) is 3.25. The molecule has 4 nitrogen and oxygen atoms in total. The Hall–Kier alpha value is -1.53. The van der Waals surface area contributed by atoms with Gasteiger partial charge in [-0.25, -0.2) is 8.78 Å². The van der Waals surface area contributed by atoms with Crippen LogP contribution in [0.5, 0.6) is 0 Å². The Kier molecular flexibility index (Phi) is 4.44. The Labute approximate surface area is 109 Å². The van der Waals surface area contributed by atoms with Crippen LogP contribution in [0.15, 0.2) is 18.2 Å². The number of carbonyl (C=O) groups excluding carboxylic acids is 1. The highest BCUT2D eigenvalue weighted by Crippen LogP contribution is 2.12. The quantitative estimate of drug-likeness (QED) is 0.739. The van der Waals surface area contributed by atoms with Crippen LogP contribution in [0.4, 0.5) is 8.78 Å². The van der Waals surface area contributed by atoms with Gasteiger partial charge in [0, 0.05) is 18.7 Å². The van der Waals surface area contributed by atoms with Gasteiger partial charge in [0.2, 0.25) is 5.91 Å². The summed E-state index contributed by atoms with van der Waals surface area (Å²) in [7, 11) is 0. The number of benzene rings is 1. The van der Waals surface area contributed by atoms with Gasteiger partial charge in [0.15, 0.2) is 0 Å². The van der Waals surface area contributed by atoms with Crippen LogP contribution in [0.2, 0.25) is 0 Å². The van der Waals surface area contributed by atoms with Gasteiger partial charge >= 0.3 is 0 Å². The Morgan fingerprint density at radius 1 is 1.42 bits per heavy atom. The zero-order valence-corrected chi connectivity index (χ0v) is 10.3.